The van der Waals surface area contributed by atoms with Gasteiger partial charge < -0.3 is 14.8 Å². The fourth-order valence-corrected chi connectivity index (χ4v) is 2.64. The highest BCUT2D eigenvalue weighted by Crippen LogP contribution is 2.32. The van der Waals surface area contributed by atoms with E-state index in [4.69, 9.17) is 9.47 Å². The normalized spacial score (nSPS) is 12.2. The summed E-state index contributed by atoms with van der Waals surface area (Å²) < 4.78 is 10.3. The van der Waals surface area contributed by atoms with Gasteiger partial charge in [0, 0.05) is 5.56 Å². The first-order valence-corrected chi connectivity index (χ1v) is 7.99. The SMILES string of the molecule is COC(=O)C(C)(C)C(Nc1ccccc1OC)C(=O)c1ccccc1. The quantitative estimate of drug-likeness (QED) is 0.616. The molecular formula is C20H23NO4. The van der Waals surface area contributed by atoms with Gasteiger partial charge in [-0.2, -0.15) is 0 Å². The van der Waals surface area contributed by atoms with Crippen LogP contribution in [0.3, 0.4) is 0 Å². The van der Waals surface area contributed by atoms with Gasteiger partial charge in [-0.25, -0.2) is 0 Å². The smallest absolute Gasteiger partial charge is 0.313 e. The van der Waals surface area contributed by atoms with Crippen LogP contribution in [0.25, 0.3) is 0 Å². The van der Waals surface area contributed by atoms with Crippen molar-refractivity contribution < 1.29 is 19.1 Å². The van der Waals surface area contributed by atoms with Crippen LogP contribution in [0, 0.1) is 5.41 Å². The summed E-state index contributed by atoms with van der Waals surface area (Å²) in [4.78, 5) is 25.4. The molecule has 0 heterocycles. The Labute approximate surface area is 148 Å². The fraction of sp³-hybridized carbons (Fsp3) is 0.300. The molecule has 2 aromatic rings. The second kappa shape index (κ2) is 7.83. The number of carbonyl (C=O) groups is 2. The number of hydrogen-bond acceptors (Lipinski definition) is 5. The lowest BCUT2D eigenvalue weighted by atomic mass is 9.80. The number of anilines is 1. The van der Waals surface area contributed by atoms with Gasteiger partial charge in [0.15, 0.2) is 5.78 Å². The molecule has 0 aliphatic heterocycles. The molecule has 0 aliphatic rings. The Morgan fingerprint density at radius 1 is 0.960 bits per heavy atom. The Bertz CT molecular complexity index is 740. The number of ether oxygens (including phenoxy) is 2. The molecule has 2 aromatic carbocycles. The van der Waals surface area contributed by atoms with Crippen molar-refractivity contribution in [2.75, 3.05) is 19.5 Å². The molecule has 0 bridgehead atoms. The third-order valence-corrected chi connectivity index (χ3v) is 4.16. The molecule has 0 amide bonds. The molecule has 0 fully saturated rings. The van der Waals surface area contributed by atoms with Crippen LogP contribution in [0.5, 0.6) is 5.75 Å². The third-order valence-electron chi connectivity index (χ3n) is 4.16. The predicted molar refractivity (Wildman–Crippen MR) is 97.0 cm³/mol. The Hall–Kier alpha value is -2.82. The molecule has 0 radical (unpaired) electrons. The van der Waals surface area contributed by atoms with Gasteiger partial charge in [0.2, 0.25) is 0 Å². The molecule has 0 saturated heterocycles. The fourth-order valence-electron chi connectivity index (χ4n) is 2.64. The highest BCUT2D eigenvalue weighted by atomic mass is 16.5. The predicted octanol–water partition coefficient (Wildman–Crippen LogP) is 3.56. The van der Waals surface area contributed by atoms with Crippen LogP contribution in [-0.2, 0) is 9.53 Å². The summed E-state index contributed by atoms with van der Waals surface area (Å²) >= 11 is 0. The van der Waals surface area contributed by atoms with E-state index in [9.17, 15) is 9.59 Å². The zero-order chi connectivity index (χ0) is 18.4. The molecule has 2 rings (SSSR count). The first kappa shape index (κ1) is 18.5. The average molecular weight is 341 g/mol. The van der Waals surface area contributed by atoms with E-state index in [-0.39, 0.29) is 5.78 Å². The molecule has 1 unspecified atom stereocenters. The number of para-hydroxylation sites is 2. The summed E-state index contributed by atoms with van der Waals surface area (Å²) in [6.07, 6.45) is 0. The van der Waals surface area contributed by atoms with Gasteiger partial charge in [-0.05, 0) is 26.0 Å². The van der Waals surface area contributed by atoms with Crippen molar-refractivity contribution in [3.8, 4) is 5.75 Å². The monoisotopic (exact) mass is 341 g/mol. The van der Waals surface area contributed by atoms with Crippen molar-refractivity contribution >= 4 is 17.4 Å². The Balaban J connectivity index is 2.45. The maximum Gasteiger partial charge on any atom is 0.313 e. The number of nitrogens with one attached hydrogen (secondary N) is 1. The zero-order valence-corrected chi connectivity index (χ0v) is 14.9. The van der Waals surface area contributed by atoms with Gasteiger partial charge in [0.05, 0.1) is 25.3 Å². The minimum Gasteiger partial charge on any atom is -0.495 e. The Morgan fingerprint density at radius 2 is 1.56 bits per heavy atom. The first-order chi connectivity index (χ1) is 11.9. The number of methoxy groups -OCH3 is 2. The second-order valence-corrected chi connectivity index (χ2v) is 6.22. The van der Waals surface area contributed by atoms with E-state index < -0.39 is 17.4 Å². The summed E-state index contributed by atoms with van der Waals surface area (Å²) in [5.74, 6) is -0.0693. The number of Topliss-reactive ketones (excluding diaryl/α,β-unsaturated/α-hetero) is 1. The largest absolute Gasteiger partial charge is 0.495 e. The van der Waals surface area contributed by atoms with Gasteiger partial charge in [0.1, 0.15) is 11.8 Å². The van der Waals surface area contributed by atoms with Crippen LogP contribution in [0.15, 0.2) is 54.6 Å². The molecule has 5 nitrogen and oxygen atoms in total. The standard InChI is InChI=1S/C20H23NO4/c1-20(2,19(23)25-4)18(17(22)14-10-6-5-7-11-14)21-15-12-8-9-13-16(15)24-3/h5-13,18,21H,1-4H3. The van der Waals surface area contributed by atoms with Crippen molar-refractivity contribution in [1.29, 1.82) is 0 Å². The molecule has 0 aromatic heterocycles. The van der Waals surface area contributed by atoms with Crippen molar-refractivity contribution in [1.82, 2.24) is 0 Å². The van der Waals surface area contributed by atoms with Crippen molar-refractivity contribution in [3.63, 3.8) is 0 Å². The zero-order valence-electron chi connectivity index (χ0n) is 14.9. The minimum atomic E-state index is -1.08. The number of carbonyl (C=O) groups excluding carboxylic acids is 2. The number of hydrogen-bond donors (Lipinski definition) is 1. The van der Waals surface area contributed by atoms with Crippen molar-refractivity contribution in [3.05, 3.63) is 60.2 Å². The van der Waals surface area contributed by atoms with Crippen LogP contribution in [0.4, 0.5) is 5.69 Å². The van der Waals surface area contributed by atoms with Gasteiger partial charge >= 0.3 is 5.97 Å². The van der Waals surface area contributed by atoms with Crippen LogP contribution < -0.4 is 10.1 Å². The first-order valence-electron chi connectivity index (χ1n) is 7.99. The molecule has 1 atom stereocenters. The topological polar surface area (TPSA) is 64.6 Å². The number of benzene rings is 2. The van der Waals surface area contributed by atoms with Crippen LogP contribution in [0.1, 0.15) is 24.2 Å². The summed E-state index contributed by atoms with van der Waals surface area (Å²) in [6, 6.07) is 15.3. The maximum absolute atomic E-state index is 13.1. The Morgan fingerprint density at radius 3 is 2.16 bits per heavy atom. The maximum atomic E-state index is 13.1. The lowest BCUT2D eigenvalue weighted by Crippen LogP contribution is -2.48. The summed E-state index contributed by atoms with van der Waals surface area (Å²) in [6.45, 7) is 3.37. The van der Waals surface area contributed by atoms with E-state index in [2.05, 4.69) is 5.32 Å². The van der Waals surface area contributed by atoms with E-state index in [1.54, 1.807) is 57.4 Å². The molecule has 0 aliphatic carbocycles. The molecule has 0 spiro atoms. The lowest BCUT2D eigenvalue weighted by molar-refractivity contribution is -0.151. The van der Waals surface area contributed by atoms with E-state index in [0.29, 0.717) is 17.0 Å². The molecule has 5 heteroatoms. The summed E-state index contributed by atoms with van der Waals surface area (Å²) in [7, 11) is 2.87. The van der Waals surface area contributed by atoms with Crippen LogP contribution >= 0.6 is 0 Å². The molecule has 0 saturated carbocycles. The van der Waals surface area contributed by atoms with Crippen molar-refractivity contribution in [2.45, 2.75) is 19.9 Å². The van der Waals surface area contributed by atoms with Crippen LogP contribution in [-0.4, -0.2) is 32.0 Å². The molecule has 1 N–H and O–H groups in total. The van der Waals surface area contributed by atoms with Gasteiger partial charge in [-0.15, -0.1) is 0 Å². The van der Waals surface area contributed by atoms with Gasteiger partial charge in [-0.1, -0.05) is 42.5 Å². The van der Waals surface area contributed by atoms with E-state index in [1.165, 1.54) is 7.11 Å². The van der Waals surface area contributed by atoms with E-state index in [0.717, 1.165) is 0 Å². The highest BCUT2D eigenvalue weighted by molar-refractivity contribution is 6.05. The number of esters is 1. The average Bonchev–Trinajstić information content (AvgIpc) is 2.65. The summed E-state index contributed by atoms with van der Waals surface area (Å²) in [5, 5.41) is 3.18. The third kappa shape index (κ3) is 3.99. The van der Waals surface area contributed by atoms with Crippen LogP contribution in [0.2, 0.25) is 0 Å². The lowest BCUT2D eigenvalue weighted by Gasteiger charge is -2.32. The summed E-state index contributed by atoms with van der Waals surface area (Å²) in [5.41, 5.74) is 0.0749. The Kier molecular flexibility index (Phi) is 5.80. The second-order valence-electron chi connectivity index (χ2n) is 6.22. The number of rotatable bonds is 7. The molecule has 132 valence electrons. The van der Waals surface area contributed by atoms with Gasteiger partial charge in [0.25, 0.3) is 0 Å². The van der Waals surface area contributed by atoms with E-state index in [1.807, 2.05) is 18.2 Å². The van der Waals surface area contributed by atoms with E-state index >= 15 is 0 Å². The van der Waals surface area contributed by atoms with Crippen molar-refractivity contribution in [2.24, 2.45) is 5.41 Å². The molecule has 25 heavy (non-hydrogen) atoms. The molecular weight excluding hydrogens is 318 g/mol. The van der Waals surface area contributed by atoms with Gasteiger partial charge in [-0.3, -0.25) is 9.59 Å². The highest BCUT2D eigenvalue weighted by Gasteiger charge is 2.43. The minimum absolute atomic E-state index is 0.193. The number of ketones is 1.